The number of ketones is 1. The van der Waals surface area contributed by atoms with E-state index in [1.165, 1.54) is 0 Å². The second kappa shape index (κ2) is 11.9. The van der Waals surface area contributed by atoms with Crippen molar-refractivity contribution in [2.75, 3.05) is 6.61 Å². The summed E-state index contributed by atoms with van der Waals surface area (Å²) in [5.41, 5.74) is 0.843. The van der Waals surface area contributed by atoms with E-state index in [-0.39, 0.29) is 25.2 Å². The van der Waals surface area contributed by atoms with Crippen LogP contribution < -0.4 is 10.1 Å². The molecule has 7 nitrogen and oxygen atoms in total. The molecular weight excluding hydrogens is 410 g/mol. The van der Waals surface area contributed by atoms with Gasteiger partial charge in [-0.25, -0.2) is 9.59 Å². The Balaban J connectivity index is 1.91. The molecule has 1 atom stereocenters. The number of benzene rings is 2. The molecule has 1 amide bonds. The summed E-state index contributed by atoms with van der Waals surface area (Å²) in [5, 5.41) is 2.50. The summed E-state index contributed by atoms with van der Waals surface area (Å²) >= 11 is 0. The van der Waals surface area contributed by atoms with E-state index in [1.807, 2.05) is 30.3 Å². The second-order valence-corrected chi connectivity index (χ2v) is 8.21. The number of carbonyl (C=O) groups excluding carboxylic acids is 3. The van der Waals surface area contributed by atoms with Gasteiger partial charge in [-0.3, -0.25) is 4.79 Å². The summed E-state index contributed by atoms with van der Waals surface area (Å²) in [6.45, 7) is 7.46. The van der Waals surface area contributed by atoms with Gasteiger partial charge in [-0.15, -0.1) is 0 Å². The molecular formula is C25H31NO6. The van der Waals surface area contributed by atoms with E-state index < -0.39 is 23.7 Å². The third kappa shape index (κ3) is 8.79. The molecule has 2 aromatic carbocycles. The number of rotatable bonds is 10. The van der Waals surface area contributed by atoms with Crippen molar-refractivity contribution in [3.05, 3.63) is 65.7 Å². The summed E-state index contributed by atoms with van der Waals surface area (Å²) in [7, 11) is 0. The van der Waals surface area contributed by atoms with Crippen molar-refractivity contribution in [1.82, 2.24) is 5.32 Å². The zero-order valence-electron chi connectivity index (χ0n) is 19.1. The van der Waals surface area contributed by atoms with E-state index in [2.05, 4.69) is 5.32 Å². The van der Waals surface area contributed by atoms with Crippen LogP contribution in [0.3, 0.4) is 0 Å². The second-order valence-electron chi connectivity index (χ2n) is 8.21. The van der Waals surface area contributed by atoms with E-state index in [0.29, 0.717) is 17.9 Å². The lowest BCUT2D eigenvalue weighted by molar-refractivity contribution is -0.145. The van der Waals surface area contributed by atoms with Gasteiger partial charge in [-0.05, 0) is 63.9 Å². The predicted molar refractivity (Wildman–Crippen MR) is 121 cm³/mol. The van der Waals surface area contributed by atoms with Gasteiger partial charge in [0, 0.05) is 12.0 Å². The van der Waals surface area contributed by atoms with Crippen LogP contribution in [0.2, 0.25) is 0 Å². The summed E-state index contributed by atoms with van der Waals surface area (Å²) in [6, 6.07) is 15.7. The van der Waals surface area contributed by atoms with Crippen LogP contribution in [-0.4, -0.2) is 36.1 Å². The highest BCUT2D eigenvalue weighted by Crippen LogP contribution is 2.17. The topological polar surface area (TPSA) is 90.9 Å². The van der Waals surface area contributed by atoms with Gasteiger partial charge in [-0.2, -0.15) is 0 Å². The average Bonchev–Trinajstić information content (AvgIpc) is 2.75. The minimum atomic E-state index is -0.970. The number of Topliss-reactive ketones (excluding diaryl/α,β-unsaturated/α-hetero) is 1. The number of nitrogens with one attached hydrogen (secondary N) is 1. The SMILES string of the molecule is CCOC(=O)[C@@H](CCC(=O)c1ccc(OCc2ccccc2)cc1)NC(=O)OC(C)(C)C. The first-order valence-electron chi connectivity index (χ1n) is 10.6. The van der Waals surface area contributed by atoms with Gasteiger partial charge in [0.1, 0.15) is 24.0 Å². The quantitative estimate of drug-likeness (QED) is 0.425. The van der Waals surface area contributed by atoms with E-state index in [0.717, 1.165) is 5.56 Å². The normalized spacial score (nSPS) is 11.9. The van der Waals surface area contributed by atoms with Gasteiger partial charge in [0.15, 0.2) is 5.78 Å². The molecule has 0 saturated carbocycles. The number of hydrogen-bond acceptors (Lipinski definition) is 6. The highest BCUT2D eigenvalue weighted by Gasteiger charge is 2.26. The van der Waals surface area contributed by atoms with Gasteiger partial charge in [0.2, 0.25) is 0 Å². The lowest BCUT2D eigenvalue weighted by atomic mass is 10.0. The van der Waals surface area contributed by atoms with Crippen molar-refractivity contribution in [3.63, 3.8) is 0 Å². The molecule has 2 aromatic rings. The molecule has 2 rings (SSSR count). The first-order valence-corrected chi connectivity index (χ1v) is 10.6. The molecule has 0 unspecified atom stereocenters. The first-order chi connectivity index (χ1) is 15.2. The van der Waals surface area contributed by atoms with Crippen molar-refractivity contribution in [2.45, 2.75) is 58.8 Å². The molecule has 0 aliphatic carbocycles. The Kier molecular flexibility index (Phi) is 9.25. The molecule has 0 spiro atoms. The molecule has 0 aliphatic heterocycles. The summed E-state index contributed by atoms with van der Waals surface area (Å²) in [6.07, 6.45) is -0.574. The smallest absolute Gasteiger partial charge is 0.408 e. The minimum absolute atomic E-state index is 0.0590. The Hall–Kier alpha value is -3.35. The molecule has 7 heteroatoms. The number of esters is 1. The van der Waals surface area contributed by atoms with Gasteiger partial charge in [0.25, 0.3) is 0 Å². The maximum atomic E-state index is 12.6. The van der Waals surface area contributed by atoms with Crippen LogP contribution in [0.4, 0.5) is 4.79 Å². The number of carbonyl (C=O) groups is 3. The number of ether oxygens (including phenoxy) is 3. The van der Waals surface area contributed by atoms with Crippen molar-refractivity contribution >= 4 is 17.8 Å². The van der Waals surface area contributed by atoms with Gasteiger partial charge in [-0.1, -0.05) is 30.3 Å². The molecule has 32 heavy (non-hydrogen) atoms. The zero-order valence-corrected chi connectivity index (χ0v) is 19.1. The van der Waals surface area contributed by atoms with E-state index in [9.17, 15) is 14.4 Å². The van der Waals surface area contributed by atoms with E-state index in [4.69, 9.17) is 14.2 Å². The van der Waals surface area contributed by atoms with Crippen molar-refractivity contribution in [2.24, 2.45) is 0 Å². The average molecular weight is 442 g/mol. The van der Waals surface area contributed by atoms with Gasteiger partial charge < -0.3 is 19.5 Å². The number of hydrogen-bond donors (Lipinski definition) is 1. The van der Waals surface area contributed by atoms with Crippen LogP contribution in [0, 0.1) is 0 Å². The highest BCUT2D eigenvalue weighted by molar-refractivity contribution is 5.96. The van der Waals surface area contributed by atoms with Crippen LogP contribution in [-0.2, 0) is 20.9 Å². The van der Waals surface area contributed by atoms with Crippen LogP contribution in [0.15, 0.2) is 54.6 Å². The van der Waals surface area contributed by atoms with Crippen LogP contribution in [0.1, 0.15) is 56.5 Å². The molecule has 0 fully saturated rings. The molecule has 172 valence electrons. The molecule has 0 radical (unpaired) electrons. The Morgan fingerprint density at radius 1 is 0.969 bits per heavy atom. The maximum Gasteiger partial charge on any atom is 0.408 e. The van der Waals surface area contributed by atoms with E-state index in [1.54, 1.807) is 52.0 Å². The van der Waals surface area contributed by atoms with Crippen LogP contribution >= 0.6 is 0 Å². The van der Waals surface area contributed by atoms with Crippen molar-refractivity contribution in [3.8, 4) is 5.75 Å². The zero-order chi connectivity index (χ0) is 23.6. The molecule has 0 heterocycles. The number of alkyl carbamates (subject to hydrolysis) is 1. The monoisotopic (exact) mass is 441 g/mol. The number of amides is 1. The Labute approximate surface area is 189 Å². The third-order valence-corrected chi connectivity index (χ3v) is 4.35. The summed E-state index contributed by atoms with van der Waals surface area (Å²) in [4.78, 5) is 36.9. The third-order valence-electron chi connectivity index (χ3n) is 4.35. The molecule has 0 saturated heterocycles. The van der Waals surface area contributed by atoms with Gasteiger partial charge >= 0.3 is 12.1 Å². The van der Waals surface area contributed by atoms with Gasteiger partial charge in [0.05, 0.1) is 6.61 Å². The predicted octanol–water partition coefficient (Wildman–Crippen LogP) is 4.68. The largest absolute Gasteiger partial charge is 0.489 e. The van der Waals surface area contributed by atoms with Crippen molar-refractivity contribution in [1.29, 1.82) is 0 Å². The summed E-state index contributed by atoms with van der Waals surface area (Å²) in [5.74, 6) is -0.0999. The molecule has 1 N–H and O–H groups in total. The lowest BCUT2D eigenvalue weighted by Crippen LogP contribution is -2.44. The Morgan fingerprint density at radius 3 is 2.22 bits per heavy atom. The Bertz CT molecular complexity index is 887. The fourth-order valence-electron chi connectivity index (χ4n) is 2.84. The molecule has 0 aromatic heterocycles. The fourth-order valence-corrected chi connectivity index (χ4v) is 2.84. The van der Waals surface area contributed by atoms with E-state index >= 15 is 0 Å². The molecule has 0 bridgehead atoms. The first kappa shape index (κ1) is 24.9. The maximum absolute atomic E-state index is 12.6. The minimum Gasteiger partial charge on any atom is -0.489 e. The standard InChI is InChI=1S/C25H31NO6/c1-5-30-23(28)21(26-24(29)32-25(2,3)4)15-16-22(27)19-11-13-20(14-12-19)31-17-18-9-7-6-8-10-18/h6-14,21H,5,15-17H2,1-4H3,(H,26,29)/t21-/m1/s1. The van der Waals surface area contributed by atoms with Crippen LogP contribution in [0.5, 0.6) is 5.75 Å². The molecule has 0 aliphatic rings. The fraction of sp³-hybridized carbons (Fsp3) is 0.400. The van der Waals surface area contributed by atoms with Crippen molar-refractivity contribution < 1.29 is 28.6 Å². The van der Waals surface area contributed by atoms with Crippen LogP contribution in [0.25, 0.3) is 0 Å². The highest BCUT2D eigenvalue weighted by atomic mass is 16.6. The summed E-state index contributed by atoms with van der Waals surface area (Å²) < 4.78 is 15.9. The Morgan fingerprint density at radius 2 is 1.62 bits per heavy atom. The lowest BCUT2D eigenvalue weighted by Gasteiger charge is -2.22.